The Morgan fingerprint density at radius 2 is 1.71 bits per heavy atom. The Morgan fingerprint density at radius 1 is 1.10 bits per heavy atom. The van der Waals surface area contributed by atoms with Gasteiger partial charge in [-0.05, 0) is 16.7 Å². The van der Waals surface area contributed by atoms with Gasteiger partial charge in [-0.3, -0.25) is 5.21 Å². The minimum absolute atomic E-state index is 0.139. The standard InChI is InChI=1S/C17H18N2O2/c1-18-17(20)19(21)13-5-6-14-9-11-16(12-10-14)15-7-3-2-4-8-15/h2-12,21H,13H2,1H3,(H,18,20)/b6-5+. The second kappa shape index (κ2) is 7.26. The predicted molar refractivity (Wildman–Crippen MR) is 83.9 cm³/mol. The molecule has 0 aliphatic heterocycles. The molecule has 0 aliphatic rings. The Morgan fingerprint density at radius 3 is 2.33 bits per heavy atom. The van der Waals surface area contributed by atoms with Crippen LogP contribution in [0, 0.1) is 0 Å². The lowest BCUT2D eigenvalue weighted by Gasteiger charge is -2.11. The Balaban J connectivity index is 1.98. The van der Waals surface area contributed by atoms with Crippen molar-refractivity contribution in [2.45, 2.75) is 0 Å². The summed E-state index contributed by atoms with van der Waals surface area (Å²) in [6, 6.07) is 17.7. The number of carbonyl (C=O) groups is 1. The molecule has 4 nitrogen and oxygen atoms in total. The zero-order valence-electron chi connectivity index (χ0n) is 11.9. The minimum atomic E-state index is -0.529. The van der Waals surface area contributed by atoms with Gasteiger partial charge in [0.2, 0.25) is 0 Å². The molecule has 4 heteroatoms. The SMILES string of the molecule is CNC(=O)N(O)C/C=C/c1ccc(-c2ccccc2)cc1. The van der Waals surface area contributed by atoms with Gasteiger partial charge in [-0.15, -0.1) is 0 Å². The van der Waals surface area contributed by atoms with Crippen molar-refractivity contribution in [3.63, 3.8) is 0 Å². The maximum Gasteiger partial charge on any atom is 0.341 e. The van der Waals surface area contributed by atoms with Crippen LogP contribution in [0.25, 0.3) is 17.2 Å². The molecule has 0 fully saturated rings. The summed E-state index contributed by atoms with van der Waals surface area (Å²) in [7, 11) is 1.47. The summed E-state index contributed by atoms with van der Waals surface area (Å²) < 4.78 is 0. The number of amides is 2. The fourth-order valence-corrected chi connectivity index (χ4v) is 1.92. The van der Waals surface area contributed by atoms with Crippen LogP contribution < -0.4 is 5.32 Å². The van der Waals surface area contributed by atoms with E-state index in [1.54, 1.807) is 6.08 Å². The van der Waals surface area contributed by atoms with Gasteiger partial charge in [0, 0.05) is 7.05 Å². The van der Waals surface area contributed by atoms with Gasteiger partial charge < -0.3 is 5.32 Å². The largest absolute Gasteiger partial charge is 0.341 e. The van der Waals surface area contributed by atoms with Crippen LogP contribution in [0.1, 0.15) is 5.56 Å². The van der Waals surface area contributed by atoms with Crippen LogP contribution in [-0.2, 0) is 0 Å². The second-order valence-corrected chi connectivity index (χ2v) is 4.53. The minimum Gasteiger partial charge on any atom is -0.339 e. The number of carbonyl (C=O) groups excluding carboxylic acids is 1. The van der Waals surface area contributed by atoms with E-state index in [0.717, 1.165) is 11.1 Å². The predicted octanol–water partition coefficient (Wildman–Crippen LogP) is 3.40. The van der Waals surface area contributed by atoms with Crippen LogP contribution in [0.2, 0.25) is 0 Å². The van der Waals surface area contributed by atoms with Gasteiger partial charge in [-0.2, -0.15) is 0 Å². The number of hydrogen-bond acceptors (Lipinski definition) is 2. The Hall–Kier alpha value is -2.59. The zero-order chi connectivity index (χ0) is 15.1. The molecule has 0 heterocycles. The van der Waals surface area contributed by atoms with Gasteiger partial charge in [-0.1, -0.05) is 66.7 Å². The first-order valence-electron chi connectivity index (χ1n) is 6.71. The molecule has 2 aromatic carbocycles. The number of hydroxylamine groups is 2. The first-order valence-corrected chi connectivity index (χ1v) is 6.71. The maximum absolute atomic E-state index is 11.1. The van der Waals surface area contributed by atoms with Gasteiger partial charge in [0.1, 0.15) is 0 Å². The van der Waals surface area contributed by atoms with Gasteiger partial charge in [0.05, 0.1) is 6.54 Å². The van der Waals surface area contributed by atoms with Crippen molar-refractivity contribution in [2.24, 2.45) is 0 Å². The number of urea groups is 1. The molecule has 0 atom stereocenters. The summed E-state index contributed by atoms with van der Waals surface area (Å²) in [5, 5.41) is 12.3. The van der Waals surface area contributed by atoms with Crippen molar-refractivity contribution < 1.29 is 10.0 Å². The van der Waals surface area contributed by atoms with Crippen LogP contribution in [0.5, 0.6) is 0 Å². The molecule has 0 saturated carbocycles. The first kappa shape index (κ1) is 14.8. The average Bonchev–Trinajstić information content (AvgIpc) is 2.55. The third kappa shape index (κ3) is 4.19. The highest BCUT2D eigenvalue weighted by molar-refractivity contribution is 5.72. The van der Waals surface area contributed by atoms with E-state index >= 15 is 0 Å². The van der Waals surface area contributed by atoms with Crippen LogP contribution in [0.4, 0.5) is 4.79 Å². The highest BCUT2D eigenvalue weighted by Crippen LogP contribution is 2.19. The molecule has 2 N–H and O–H groups in total. The quantitative estimate of drug-likeness (QED) is 0.667. The third-order valence-electron chi connectivity index (χ3n) is 3.05. The Kier molecular flexibility index (Phi) is 5.12. The third-order valence-corrected chi connectivity index (χ3v) is 3.05. The fourth-order valence-electron chi connectivity index (χ4n) is 1.92. The second-order valence-electron chi connectivity index (χ2n) is 4.53. The lowest BCUT2D eigenvalue weighted by Crippen LogP contribution is -2.35. The highest BCUT2D eigenvalue weighted by atomic mass is 16.5. The lowest BCUT2D eigenvalue weighted by atomic mass is 10.0. The summed E-state index contributed by atoms with van der Waals surface area (Å²) in [5.74, 6) is 0. The number of rotatable bonds is 4. The van der Waals surface area contributed by atoms with E-state index in [1.807, 2.05) is 48.5 Å². The summed E-state index contributed by atoms with van der Waals surface area (Å²) in [6.07, 6.45) is 3.59. The zero-order valence-corrected chi connectivity index (χ0v) is 11.9. The number of nitrogens with one attached hydrogen (secondary N) is 1. The molecule has 0 saturated heterocycles. The monoisotopic (exact) mass is 282 g/mol. The molecule has 2 aromatic rings. The van der Waals surface area contributed by atoms with Crippen LogP contribution in [-0.4, -0.2) is 29.9 Å². The summed E-state index contributed by atoms with van der Waals surface area (Å²) >= 11 is 0. The van der Waals surface area contributed by atoms with Crippen LogP contribution in [0.15, 0.2) is 60.7 Å². The van der Waals surface area contributed by atoms with E-state index in [4.69, 9.17) is 0 Å². The molecular weight excluding hydrogens is 264 g/mol. The van der Waals surface area contributed by atoms with Crippen molar-refractivity contribution in [3.8, 4) is 11.1 Å². The molecule has 0 bridgehead atoms. The molecule has 0 spiro atoms. The van der Waals surface area contributed by atoms with Crippen molar-refractivity contribution in [1.29, 1.82) is 0 Å². The van der Waals surface area contributed by atoms with E-state index in [1.165, 1.54) is 12.6 Å². The van der Waals surface area contributed by atoms with Crippen LogP contribution in [0.3, 0.4) is 0 Å². The van der Waals surface area contributed by atoms with Crippen LogP contribution >= 0.6 is 0 Å². The molecule has 0 aromatic heterocycles. The van der Waals surface area contributed by atoms with E-state index in [-0.39, 0.29) is 6.54 Å². The number of benzene rings is 2. The Bertz CT molecular complexity index is 606. The summed E-state index contributed by atoms with van der Waals surface area (Å²) in [5.41, 5.74) is 3.34. The van der Waals surface area contributed by atoms with E-state index in [2.05, 4.69) is 17.4 Å². The van der Waals surface area contributed by atoms with Gasteiger partial charge in [0.15, 0.2) is 0 Å². The highest BCUT2D eigenvalue weighted by Gasteiger charge is 2.04. The van der Waals surface area contributed by atoms with Gasteiger partial charge in [-0.25, -0.2) is 9.86 Å². The molecule has 2 amide bonds. The van der Waals surface area contributed by atoms with Crippen molar-refractivity contribution in [3.05, 3.63) is 66.2 Å². The van der Waals surface area contributed by atoms with E-state index in [9.17, 15) is 10.0 Å². The Labute approximate surface area is 124 Å². The molecule has 0 aliphatic carbocycles. The first-order chi connectivity index (χ1) is 10.2. The molecule has 0 unspecified atom stereocenters. The number of nitrogens with zero attached hydrogens (tertiary/aromatic N) is 1. The van der Waals surface area contributed by atoms with E-state index in [0.29, 0.717) is 5.06 Å². The lowest BCUT2D eigenvalue weighted by molar-refractivity contribution is -0.0318. The molecule has 2 rings (SSSR count). The van der Waals surface area contributed by atoms with Crippen molar-refractivity contribution >= 4 is 12.1 Å². The smallest absolute Gasteiger partial charge is 0.339 e. The number of hydrogen-bond donors (Lipinski definition) is 2. The average molecular weight is 282 g/mol. The maximum atomic E-state index is 11.1. The fraction of sp³-hybridized carbons (Fsp3) is 0.118. The molecule has 21 heavy (non-hydrogen) atoms. The molecular formula is C17H18N2O2. The summed E-state index contributed by atoms with van der Waals surface area (Å²) in [6.45, 7) is 0.139. The van der Waals surface area contributed by atoms with Gasteiger partial charge in [0.25, 0.3) is 0 Å². The van der Waals surface area contributed by atoms with Crippen molar-refractivity contribution in [2.75, 3.05) is 13.6 Å². The molecule has 108 valence electrons. The summed E-state index contributed by atoms with van der Waals surface area (Å²) in [4.78, 5) is 11.1. The topological polar surface area (TPSA) is 52.6 Å². The molecule has 0 radical (unpaired) electrons. The normalized spacial score (nSPS) is 10.6. The van der Waals surface area contributed by atoms with Crippen molar-refractivity contribution in [1.82, 2.24) is 10.4 Å². The van der Waals surface area contributed by atoms with Gasteiger partial charge >= 0.3 is 6.03 Å². The van der Waals surface area contributed by atoms with E-state index < -0.39 is 6.03 Å².